The zero-order valence-corrected chi connectivity index (χ0v) is 15.1. The number of imide groups is 1. The summed E-state index contributed by atoms with van der Waals surface area (Å²) < 4.78 is 5.33. The first-order valence-electron chi connectivity index (χ1n) is 7.40. The van der Waals surface area contributed by atoms with Gasteiger partial charge in [0.1, 0.15) is 5.71 Å². The first kappa shape index (κ1) is 17.3. The first-order valence-corrected chi connectivity index (χ1v) is 8.19. The predicted molar refractivity (Wildman–Crippen MR) is 90.6 cm³/mol. The number of anilines is 1. The van der Waals surface area contributed by atoms with E-state index in [1.54, 1.807) is 24.3 Å². The SMILES string of the molecule is COC(=O)C1=NN(C(C)=O)[C@]2(CC(=O)N(c3cccc(Br)c3)C2=O)C1. The van der Waals surface area contributed by atoms with Gasteiger partial charge in [-0.25, -0.2) is 14.7 Å². The lowest BCUT2D eigenvalue weighted by molar-refractivity contribution is -0.141. The number of benzene rings is 1. The number of rotatable bonds is 2. The van der Waals surface area contributed by atoms with Crippen molar-refractivity contribution in [2.24, 2.45) is 5.10 Å². The second kappa shape index (κ2) is 6.07. The molecule has 2 heterocycles. The summed E-state index contributed by atoms with van der Waals surface area (Å²) in [6.07, 6.45) is -0.406. The van der Waals surface area contributed by atoms with Crippen molar-refractivity contribution in [3.8, 4) is 0 Å². The number of nitrogens with zero attached hydrogens (tertiary/aromatic N) is 3. The third-order valence-corrected chi connectivity index (χ3v) is 4.66. The molecule has 0 unspecified atom stereocenters. The summed E-state index contributed by atoms with van der Waals surface area (Å²) in [4.78, 5) is 50.5. The van der Waals surface area contributed by atoms with Crippen LogP contribution in [-0.4, -0.2) is 47.1 Å². The average Bonchev–Trinajstić information content (AvgIpc) is 3.06. The summed E-state index contributed by atoms with van der Waals surface area (Å²) in [7, 11) is 1.18. The third-order valence-electron chi connectivity index (χ3n) is 4.17. The van der Waals surface area contributed by atoms with Crippen LogP contribution in [-0.2, 0) is 23.9 Å². The number of amides is 3. The van der Waals surface area contributed by atoms with Crippen LogP contribution in [0.15, 0.2) is 33.8 Å². The van der Waals surface area contributed by atoms with Gasteiger partial charge in [-0.05, 0) is 18.2 Å². The van der Waals surface area contributed by atoms with E-state index < -0.39 is 29.2 Å². The highest BCUT2D eigenvalue weighted by molar-refractivity contribution is 9.10. The van der Waals surface area contributed by atoms with E-state index in [4.69, 9.17) is 0 Å². The molecule has 0 aromatic heterocycles. The molecule has 1 fully saturated rings. The molecule has 1 aromatic rings. The molecule has 0 saturated carbocycles. The summed E-state index contributed by atoms with van der Waals surface area (Å²) in [6.45, 7) is 1.23. The van der Waals surface area contributed by atoms with Crippen LogP contribution < -0.4 is 4.90 Å². The molecule has 9 heteroatoms. The van der Waals surface area contributed by atoms with Gasteiger partial charge in [0.2, 0.25) is 11.8 Å². The maximum atomic E-state index is 13.1. The number of carbonyl (C=O) groups is 4. The van der Waals surface area contributed by atoms with Crippen LogP contribution >= 0.6 is 15.9 Å². The number of methoxy groups -OCH3 is 1. The van der Waals surface area contributed by atoms with Crippen LogP contribution in [0.5, 0.6) is 0 Å². The molecule has 0 N–H and O–H groups in total. The van der Waals surface area contributed by atoms with Crippen LogP contribution in [0, 0.1) is 0 Å². The molecule has 130 valence electrons. The van der Waals surface area contributed by atoms with Gasteiger partial charge in [0.05, 0.1) is 19.2 Å². The summed E-state index contributed by atoms with van der Waals surface area (Å²) in [5, 5.41) is 4.87. The van der Waals surface area contributed by atoms with Crippen molar-refractivity contribution >= 4 is 51.0 Å². The molecule has 0 radical (unpaired) electrons. The number of hydrazone groups is 1. The van der Waals surface area contributed by atoms with Gasteiger partial charge in [0.15, 0.2) is 5.54 Å². The van der Waals surface area contributed by atoms with Gasteiger partial charge < -0.3 is 4.74 Å². The minimum absolute atomic E-state index is 0.0602. The minimum Gasteiger partial charge on any atom is -0.464 e. The Labute approximate surface area is 151 Å². The lowest BCUT2D eigenvalue weighted by Gasteiger charge is -2.28. The quantitative estimate of drug-likeness (QED) is 0.542. The number of halogens is 1. The Kier molecular flexibility index (Phi) is 4.19. The van der Waals surface area contributed by atoms with E-state index in [2.05, 4.69) is 25.8 Å². The number of hydrogen-bond acceptors (Lipinski definition) is 6. The molecule has 8 nitrogen and oxygen atoms in total. The van der Waals surface area contributed by atoms with E-state index in [-0.39, 0.29) is 18.6 Å². The van der Waals surface area contributed by atoms with Gasteiger partial charge in [-0.1, -0.05) is 22.0 Å². The van der Waals surface area contributed by atoms with Crippen LogP contribution in [0.25, 0.3) is 0 Å². The number of hydrogen-bond donors (Lipinski definition) is 0. The van der Waals surface area contributed by atoms with Gasteiger partial charge >= 0.3 is 5.97 Å². The molecule has 2 aliphatic heterocycles. The minimum atomic E-state index is -1.52. The lowest BCUT2D eigenvalue weighted by Crippen LogP contribution is -2.51. The molecule has 2 aliphatic rings. The molecule has 0 bridgehead atoms. The van der Waals surface area contributed by atoms with Crippen molar-refractivity contribution in [1.82, 2.24) is 5.01 Å². The topological polar surface area (TPSA) is 96.3 Å². The van der Waals surface area contributed by atoms with E-state index in [1.807, 2.05) is 0 Å². The second-order valence-corrected chi connectivity index (χ2v) is 6.68. The number of carbonyl (C=O) groups excluding carboxylic acids is 4. The van der Waals surface area contributed by atoms with E-state index in [0.717, 1.165) is 9.91 Å². The third kappa shape index (κ3) is 2.64. The van der Waals surface area contributed by atoms with Crippen molar-refractivity contribution in [3.05, 3.63) is 28.7 Å². The Bertz CT molecular complexity index is 837. The van der Waals surface area contributed by atoms with Crippen molar-refractivity contribution in [1.29, 1.82) is 0 Å². The molecular weight excluding hydrogens is 394 g/mol. The van der Waals surface area contributed by atoms with Crippen molar-refractivity contribution in [2.45, 2.75) is 25.3 Å². The van der Waals surface area contributed by atoms with Crippen molar-refractivity contribution in [2.75, 3.05) is 12.0 Å². The first-order chi connectivity index (χ1) is 11.8. The van der Waals surface area contributed by atoms with Gasteiger partial charge in [0, 0.05) is 17.8 Å². The monoisotopic (exact) mass is 407 g/mol. The maximum Gasteiger partial charge on any atom is 0.354 e. The summed E-state index contributed by atoms with van der Waals surface area (Å²) >= 11 is 3.30. The molecular formula is C16H14BrN3O5. The highest BCUT2D eigenvalue weighted by atomic mass is 79.9. The highest BCUT2D eigenvalue weighted by Gasteiger charge is 2.61. The van der Waals surface area contributed by atoms with Gasteiger partial charge in [-0.15, -0.1) is 0 Å². The summed E-state index contributed by atoms with van der Waals surface area (Å²) in [5.74, 6) is -2.32. The Morgan fingerprint density at radius 1 is 1.28 bits per heavy atom. The van der Waals surface area contributed by atoms with Gasteiger partial charge in [0.25, 0.3) is 5.91 Å². The molecule has 3 amide bonds. The standard InChI is InChI=1S/C16H14BrN3O5/c1-9(21)20-16(7-12(18-20)14(23)25-2)8-13(22)19(15(16)24)11-5-3-4-10(17)6-11/h3-6H,7-8H2,1-2H3/t16-/m0/s1. The highest BCUT2D eigenvalue weighted by Crippen LogP contribution is 2.40. The molecule has 25 heavy (non-hydrogen) atoms. The Morgan fingerprint density at radius 3 is 2.60 bits per heavy atom. The van der Waals surface area contributed by atoms with Crippen LogP contribution in [0.3, 0.4) is 0 Å². The summed E-state index contributed by atoms with van der Waals surface area (Å²) in [6, 6.07) is 6.71. The van der Waals surface area contributed by atoms with Crippen molar-refractivity contribution in [3.63, 3.8) is 0 Å². The largest absolute Gasteiger partial charge is 0.464 e. The average molecular weight is 408 g/mol. The molecule has 1 saturated heterocycles. The lowest BCUT2D eigenvalue weighted by atomic mass is 9.91. The fourth-order valence-electron chi connectivity index (χ4n) is 3.11. The predicted octanol–water partition coefficient (Wildman–Crippen LogP) is 1.23. The molecule has 0 aliphatic carbocycles. The van der Waals surface area contributed by atoms with E-state index in [1.165, 1.54) is 14.0 Å². The molecule has 1 atom stereocenters. The second-order valence-electron chi connectivity index (χ2n) is 5.77. The van der Waals surface area contributed by atoms with Gasteiger partial charge in [-0.2, -0.15) is 5.10 Å². The van der Waals surface area contributed by atoms with Crippen LogP contribution in [0.2, 0.25) is 0 Å². The van der Waals surface area contributed by atoms with Crippen molar-refractivity contribution < 1.29 is 23.9 Å². The van der Waals surface area contributed by atoms with E-state index in [0.29, 0.717) is 10.2 Å². The van der Waals surface area contributed by atoms with Crippen LogP contribution in [0.1, 0.15) is 19.8 Å². The zero-order chi connectivity index (χ0) is 18.4. The molecule has 3 rings (SSSR count). The summed E-state index contributed by atoms with van der Waals surface area (Å²) in [5.41, 5.74) is -1.19. The van der Waals surface area contributed by atoms with Gasteiger partial charge in [-0.3, -0.25) is 14.4 Å². The number of esters is 1. The van der Waals surface area contributed by atoms with Crippen LogP contribution in [0.4, 0.5) is 5.69 Å². The van der Waals surface area contributed by atoms with E-state index >= 15 is 0 Å². The number of ether oxygens (including phenoxy) is 1. The Morgan fingerprint density at radius 2 is 2.00 bits per heavy atom. The zero-order valence-electron chi connectivity index (χ0n) is 13.5. The fraction of sp³-hybridized carbons (Fsp3) is 0.312. The smallest absolute Gasteiger partial charge is 0.354 e. The Hall–Kier alpha value is -2.55. The fourth-order valence-corrected chi connectivity index (χ4v) is 3.50. The molecule has 1 aromatic carbocycles. The Balaban J connectivity index is 2.03. The maximum absolute atomic E-state index is 13.1. The molecule has 1 spiro atoms. The van der Waals surface area contributed by atoms with E-state index in [9.17, 15) is 19.2 Å². The normalized spacial score (nSPS) is 22.6.